The van der Waals surface area contributed by atoms with Gasteiger partial charge in [-0.2, -0.15) is 8.42 Å². The molecule has 0 rings (SSSR count). The van der Waals surface area contributed by atoms with Crippen molar-refractivity contribution in [1.82, 2.24) is 0 Å². The molecule has 0 unspecified atom stereocenters. The van der Waals surface area contributed by atoms with Crippen molar-refractivity contribution in [2.45, 2.75) is 20.3 Å². The molecule has 4 heteroatoms. The summed E-state index contributed by atoms with van der Waals surface area (Å²) in [6.45, 7) is 3.25. The van der Waals surface area contributed by atoms with E-state index in [9.17, 15) is 8.42 Å². The Morgan fingerprint density at radius 2 is 2.11 bits per heavy atom. The first kappa shape index (κ1) is 8.65. The summed E-state index contributed by atoms with van der Waals surface area (Å²) in [6, 6.07) is 0. The highest BCUT2D eigenvalue weighted by molar-refractivity contribution is 7.89. The van der Waals surface area contributed by atoms with Crippen molar-refractivity contribution in [2.24, 2.45) is 0 Å². The van der Waals surface area contributed by atoms with E-state index in [1.165, 1.54) is 6.08 Å². The molecule has 0 aromatic carbocycles. The van der Waals surface area contributed by atoms with E-state index in [0.717, 1.165) is 0 Å². The molecule has 0 aromatic heterocycles. The zero-order valence-corrected chi connectivity index (χ0v) is 6.27. The first-order valence-electron chi connectivity index (χ1n) is 2.65. The topological polar surface area (TPSA) is 54.4 Å². The molecule has 9 heavy (non-hydrogen) atoms. The molecule has 0 fully saturated rings. The van der Waals surface area contributed by atoms with Gasteiger partial charge in [0.2, 0.25) is 0 Å². The molecule has 0 aliphatic rings. The number of hydrogen-bond acceptors (Lipinski definition) is 2. The molecule has 3 nitrogen and oxygen atoms in total. The minimum Gasteiger partial charge on any atom is -0.282 e. The monoisotopic (exact) mass is 150 g/mol. The van der Waals surface area contributed by atoms with Crippen LogP contribution in [-0.2, 0) is 10.1 Å². The average molecular weight is 150 g/mol. The SMILES string of the molecule is CC=C(CC)S(=O)(=O)O. The first-order valence-corrected chi connectivity index (χ1v) is 4.09. The van der Waals surface area contributed by atoms with Crippen LogP contribution in [0.2, 0.25) is 0 Å². The Hall–Kier alpha value is -0.350. The van der Waals surface area contributed by atoms with Crippen LogP contribution < -0.4 is 0 Å². The lowest BCUT2D eigenvalue weighted by Crippen LogP contribution is -1.99. The molecule has 0 saturated heterocycles. The Bertz CT molecular complexity index is 200. The molecule has 1 N–H and O–H groups in total. The van der Waals surface area contributed by atoms with Gasteiger partial charge in [-0.3, -0.25) is 4.55 Å². The molecule has 0 aromatic rings. The molecule has 0 bridgehead atoms. The molecule has 0 aliphatic carbocycles. The van der Waals surface area contributed by atoms with Crippen LogP contribution in [0, 0.1) is 0 Å². The van der Waals surface area contributed by atoms with Crippen molar-refractivity contribution in [3.8, 4) is 0 Å². The quantitative estimate of drug-likeness (QED) is 0.601. The second kappa shape index (κ2) is 2.98. The van der Waals surface area contributed by atoms with Gasteiger partial charge in [0.15, 0.2) is 0 Å². The van der Waals surface area contributed by atoms with Gasteiger partial charge in [-0.25, -0.2) is 0 Å². The van der Waals surface area contributed by atoms with Crippen molar-refractivity contribution in [3.05, 3.63) is 11.0 Å². The van der Waals surface area contributed by atoms with Crippen LogP contribution >= 0.6 is 0 Å². The van der Waals surface area contributed by atoms with Crippen LogP contribution in [-0.4, -0.2) is 13.0 Å². The Morgan fingerprint density at radius 3 is 2.11 bits per heavy atom. The molecular formula is C5H10O3S. The zero-order valence-electron chi connectivity index (χ0n) is 5.46. The third-order valence-electron chi connectivity index (χ3n) is 1.00. The van der Waals surface area contributed by atoms with Gasteiger partial charge >= 0.3 is 0 Å². The van der Waals surface area contributed by atoms with Crippen LogP contribution in [0.15, 0.2) is 11.0 Å². The Balaban J connectivity index is 4.56. The van der Waals surface area contributed by atoms with Crippen molar-refractivity contribution in [1.29, 1.82) is 0 Å². The number of hydrogen-bond donors (Lipinski definition) is 1. The van der Waals surface area contributed by atoms with E-state index in [4.69, 9.17) is 4.55 Å². The molecule has 0 amide bonds. The fourth-order valence-corrected chi connectivity index (χ4v) is 1.20. The summed E-state index contributed by atoms with van der Waals surface area (Å²) < 4.78 is 28.9. The third-order valence-corrected chi connectivity index (χ3v) is 2.19. The number of rotatable bonds is 2. The van der Waals surface area contributed by atoms with Crippen LogP contribution in [0.25, 0.3) is 0 Å². The van der Waals surface area contributed by atoms with Crippen molar-refractivity contribution in [3.63, 3.8) is 0 Å². The molecular weight excluding hydrogens is 140 g/mol. The summed E-state index contributed by atoms with van der Waals surface area (Å²) >= 11 is 0. The lowest BCUT2D eigenvalue weighted by molar-refractivity contribution is 0.489. The van der Waals surface area contributed by atoms with E-state index in [1.807, 2.05) is 0 Å². The maximum Gasteiger partial charge on any atom is 0.290 e. The first-order chi connectivity index (χ1) is 4.02. The second-order valence-corrected chi connectivity index (χ2v) is 3.06. The highest BCUT2D eigenvalue weighted by atomic mass is 32.2. The zero-order chi connectivity index (χ0) is 7.49. The van der Waals surface area contributed by atoms with Crippen LogP contribution in [0.3, 0.4) is 0 Å². The van der Waals surface area contributed by atoms with E-state index in [2.05, 4.69) is 0 Å². The van der Waals surface area contributed by atoms with Gasteiger partial charge in [-0.1, -0.05) is 13.0 Å². The molecule has 0 aliphatic heterocycles. The predicted molar refractivity (Wildman–Crippen MR) is 35.6 cm³/mol. The second-order valence-electron chi connectivity index (χ2n) is 1.58. The number of allylic oxidation sites excluding steroid dienone is 2. The summed E-state index contributed by atoms with van der Waals surface area (Å²) in [4.78, 5) is 0.0718. The largest absolute Gasteiger partial charge is 0.290 e. The normalized spacial score (nSPS) is 13.9. The minimum absolute atomic E-state index is 0.0718. The van der Waals surface area contributed by atoms with Gasteiger partial charge in [0, 0.05) is 0 Å². The van der Waals surface area contributed by atoms with Gasteiger partial charge in [0.1, 0.15) is 0 Å². The Morgan fingerprint density at radius 1 is 1.67 bits per heavy atom. The standard InChI is InChI=1S/C5H10O3S/c1-3-5(4-2)9(6,7)8/h3H,4H2,1-2H3,(H,6,7,8). The lowest BCUT2D eigenvalue weighted by Gasteiger charge is -1.95. The van der Waals surface area contributed by atoms with Gasteiger partial charge in [0.05, 0.1) is 4.91 Å². The molecule has 0 atom stereocenters. The molecule has 0 radical (unpaired) electrons. The summed E-state index contributed by atoms with van der Waals surface area (Å²) in [7, 11) is -3.90. The lowest BCUT2D eigenvalue weighted by atomic mass is 10.4. The molecule has 0 saturated carbocycles. The maximum atomic E-state index is 10.3. The summed E-state index contributed by atoms with van der Waals surface area (Å²) in [5.74, 6) is 0. The summed E-state index contributed by atoms with van der Waals surface area (Å²) in [5.41, 5.74) is 0. The van der Waals surface area contributed by atoms with Gasteiger partial charge < -0.3 is 0 Å². The average Bonchev–Trinajstić information content (AvgIpc) is 1.65. The van der Waals surface area contributed by atoms with Crippen molar-refractivity contribution in [2.75, 3.05) is 0 Å². The van der Waals surface area contributed by atoms with Gasteiger partial charge in [0.25, 0.3) is 10.1 Å². The predicted octanol–water partition coefficient (Wildman–Crippen LogP) is 1.19. The van der Waals surface area contributed by atoms with Gasteiger partial charge in [-0.05, 0) is 13.3 Å². The smallest absolute Gasteiger partial charge is 0.282 e. The van der Waals surface area contributed by atoms with Crippen molar-refractivity contribution < 1.29 is 13.0 Å². The fourth-order valence-electron chi connectivity index (χ4n) is 0.535. The third kappa shape index (κ3) is 2.62. The highest BCUT2D eigenvalue weighted by Gasteiger charge is 2.08. The van der Waals surface area contributed by atoms with Crippen molar-refractivity contribution >= 4 is 10.1 Å². The highest BCUT2D eigenvalue weighted by Crippen LogP contribution is 2.06. The van der Waals surface area contributed by atoms with E-state index in [0.29, 0.717) is 6.42 Å². The maximum absolute atomic E-state index is 10.3. The fraction of sp³-hybridized carbons (Fsp3) is 0.600. The van der Waals surface area contributed by atoms with E-state index in [1.54, 1.807) is 13.8 Å². The Kier molecular flexibility index (Phi) is 2.87. The van der Waals surface area contributed by atoms with Crippen LogP contribution in [0.5, 0.6) is 0 Å². The summed E-state index contributed by atoms with van der Waals surface area (Å²) in [5, 5.41) is 0. The van der Waals surface area contributed by atoms with E-state index >= 15 is 0 Å². The van der Waals surface area contributed by atoms with Crippen LogP contribution in [0.4, 0.5) is 0 Å². The van der Waals surface area contributed by atoms with Crippen LogP contribution in [0.1, 0.15) is 20.3 Å². The molecule has 54 valence electrons. The van der Waals surface area contributed by atoms with Gasteiger partial charge in [-0.15, -0.1) is 0 Å². The molecule has 0 heterocycles. The van der Waals surface area contributed by atoms with E-state index in [-0.39, 0.29) is 4.91 Å². The van der Waals surface area contributed by atoms with E-state index < -0.39 is 10.1 Å². The Labute approximate surface area is 55.1 Å². The summed E-state index contributed by atoms with van der Waals surface area (Å²) in [6.07, 6.45) is 1.73. The minimum atomic E-state index is -3.90. The molecule has 0 spiro atoms.